The first kappa shape index (κ1) is 11.1. The summed E-state index contributed by atoms with van der Waals surface area (Å²) in [5, 5.41) is 3.67. The summed E-state index contributed by atoms with van der Waals surface area (Å²) in [4.78, 5) is 31.7. The number of nitrogens with zero attached hydrogens (tertiary/aromatic N) is 1. The van der Waals surface area contributed by atoms with Gasteiger partial charge in [-0.2, -0.15) is 0 Å². The molecular formula is C5H8N3O4PS. The molecule has 1 aromatic rings. The summed E-state index contributed by atoms with van der Waals surface area (Å²) in [6.07, 6.45) is -0.705. The Morgan fingerprint density at radius 3 is 2.79 bits per heavy atom. The maximum Gasteiger partial charge on any atom is 0.344 e. The normalized spacial score (nSPS) is 11.3. The van der Waals surface area contributed by atoms with Crippen molar-refractivity contribution in [2.24, 2.45) is 0 Å². The summed E-state index contributed by atoms with van der Waals surface area (Å²) < 4.78 is 10.4. The molecule has 0 fully saturated rings. The molecule has 0 spiro atoms. The van der Waals surface area contributed by atoms with Crippen LogP contribution in [0, 0.1) is 0 Å². The summed E-state index contributed by atoms with van der Waals surface area (Å²) in [7, 11) is -4.22. The number of anilines is 1. The lowest BCUT2D eigenvalue weighted by Gasteiger charge is -2.03. The van der Waals surface area contributed by atoms with E-state index in [9.17, 15) is 9.36 Å². The lowest BCUT2D eigenvalue weighted by Crippen LogP contribution is -2.24. The number of thiazole rings is 1. The quantitative estimate of drug-likeness (QED) is 0.529. The third-order valence-electron chi connectivity index (χ3n) is 1.20. The van der Waals surface area contributed by atoms with Gasteiger partial charge in [-0.1, -0.05) is 0 Å². The summed E-state index contributed by atoms with van der Waals surface area (Å²) in [5.41, 5.74) is 5.33. The largest absolute Gasteiger partial charge is 0.375 e. The Morgan fingerprint density at radius 1 is 1.71 bits per heavy atom. The van der Waals surface area contributed by atoms with Crippen LogP contribution in [-0.4, -0.2) is 27.0 Å². The van der Waals surface area contributed by atoms with E-state index in [1.54, 1.807) is 0 Å². The summed E-state index contributed by atoms with van der Waals surface area (Å²) in [5.74, 6) is -0.652. The number of amides is 1. The van der Waals surface area contributed by atoms with Gasteiger partial charge in [-0.05, 0) is 0 Å². The van der Waals surface area contributed by atoms with Crippen LogP contribution in [-0.2, 0) is 4.57 Å². The second kappa shape index (κ2) is 4.05. The van der Waals surface area contributed by atoms with Crippen LogP contribution in [0.2, 0.25) is 0 Å². The number of nitrogen functional groups attached to an aromatic ring is 1. The third kappa shape index (κ3) is 3.43. The van der Waals surface area contributed by atoms with Crippen molar-refractivity contribution in [3.05, 3.63) is 11.1 Å². The average Bonchev–Trinajstić information content (AvgIpc) is 2.46. The molecule has 5 N–H and O–H groups in total. The van der Waals surface area contributed by atoms with Crippen LogP contribution in [0.5, 0.6) is 0 Å². The van der Waals surface area contributed by atoms with E-state index in [1.807, 2.05) is 5.32 Å². The van der Waals surface area contributed by atoms with E-state index in [0.29, 0.717) is 0 Å². The predicted molar refractivity (Wildman–Crippen MR) is 50.9 cm³/mol. The van der Waals surface area contributed by atoms with Gasteiger partial charge in [0.15, 0.2) is 5.13 Å². The number of carbonyl (C=O) groups is 1. The standard InChI is InChI=1S/C5H8N3O4PS/c6-5-8-3(1-14-5)4(9)7-2-13(10,11)12/h1H,2H2,(H2,6,8)(H,7,9)(H2,10,11,12). The topological polar surface area (TPSA) is 126 Å². The highest BCUT2D eigenvalue weighted by molar-refractivity contribution is 7.51. The third-order valence-corrected chi connectivity index (χ3v) is 2.44. The molecule has 1 amide bonds. The van der Waals surface area contributed by atoms with Crippen molar-refractivity contribution in [2.45, 2.75) is 0 Å². The van der Waals surface area contributed by atoms with Gasteiger partial charge < -0.3 is 20.8 Å². The lowest BCUT2D eigenvalue weighted by molar-refractivity contribution is 0.0953. The van der Waals surface area contributed by atoms with Crippen molar-refractivity contribution in [1.82, 2.24) is 10.3 Å². The van der Waals surface area contributed by atoms with E-state index in [-0.39, 0.29) is 10.8 Å². The van der Waals surface area contributed by atoms with Gasteiger partial charge in [-0.25, -0.2) is 4.98 Å². The Kier molecular flexibility index (Phi) is 3.22. The highest BCUT2D eigenvalue weighted by Crippen LogP contribution is 2.32. The smallest absolute Gasteiger partial charge is 0.344 e. The summed E-state index contributed by atoms with van der Waals surface area (Å²) in [6, 6.07) is 0. The van der Waals surface area contributed by atoms with Gasteiger partial charge in [0.05, 0.1) is 0 Å². The van der Waals surface area contributed by atoms with Gasteiger partial charge in [0.25, 0.3) is 5.91 Å². The fourth-order valence-corrected chi connectivity index (χ4v) is 1.55. The molecule has 78 valence electrons. The summed E-state index contributed by atoms with van der Waals surface area (Å²) in [6.45, 7) is 0. The zero-order chi connectivity index (χ0) is 10.8. The van der Waals surface area contributed by atoms with Crippen molar-refractivity contribution in [3.8, 4) is 0 Å². The van der Waals surface area contributed by atoms with E-state index >= 15 is 0 Å². The molecule has 0 aromatic carbocycles. The van der Waals surface area contributed by atoms with Gasteiger partial charge in [0, 0.05) is 5.38 Å². The molecular weight excluding hydrogens is 229 g/mol. The number of carbonyl (C=O) groups excluding carboxylic acids is 1. The Hall–Kier alpha value is -0.950. The van der Waals surface area contributed by atoms with Crippen LogP contribution in [0.4, 0.5) is 5.13 Å². The zero-order valence-electron chi connectivity index (χ0n) is 6.88. The lowest BCUT2D eigenvalue weighted by atomic mass is 10.5. The number of hydrogen-bond donors (Lipinski definition) is 4. The molecule has 0 atom stereocenters. The zero-order valence-corrected chi connectivity index (χ0v) is 8.59. The first-order chi connectivity index (χ1) is 6.38. The van der Waals surface area contributed by atoms with Gasteiger partial charge in [-0.3, -0.25) is 9.36 Å². The molecule has 1 aromatic heterocycles. The molecule has 1 rings (SSSR count). The van der Waals surface area contributed by atoms with Crippen LogP contribution in [0.1, 0.15) is 10.5 Å². The van der Waals surface area contributed by atoms with Crippen LogP contribution in [0.3, 0.4) is 0 Å². The van der Waals surface area contributed by atoms with E-state index in [0.717, 1.165) is 11.3 Å². The Bertz CT molecular complexity index is 386. The highest BCUT2D eigenvalue weighted by Gasteiger charge is 2.16. The molecule has 0 saturated heterocycles. The predicted octanol–water partition coefficient (Wildman–Crippen LogP) is -0.410. The second-order valence-corrected chi connectivity index (χ2v) is 4.93. The minimum atomic E-state index is -4.22. The first-order valence-corrected chi connectivity index (χ1v) is 6.10. The number of nitrogens with one attached hydrogen (secondary N) is 1. The van der Waals surface area contributed by atoms with Gasteiger partial charge in [0.2, 0.25) is 0 Å². The number of nitrogens with two attached hydrogens (primary N) is 1. The van der Waals surface area contributed by atoms with Crippen molar-refractivity contribution < 1.29 is 19.1 Å². The van der Waals surface area contributed by atoms with Crippen molar-refractivity contribution in [3.63, 3.8) is 0 Å². The molecule has 0 bridgehead atoms. The fourth-order valence-electron chi connectivity index (χ4n) is 0.657. The van der Waals surface area contributed by atoms with Crippen LogP contribution < -0.4 is 11.1 Å². The molecule has 0 saturated carbocycles. The van der Waals surface area contributed by atoms with Crippen LogP contribution >= 0.6 is 18.9 Å². The number of hydrogen-bond acceptors (Lipinski definition) is 5. The monoisotopic (exact) mass is 237 g/mol. The average molecular weight is 237 g/mol. The molecule has 0 aliphatic carbocycles. The Balaban J connectivity index is 2.56. The molecule has 0 unspecified atom stereocenters. The SMILES string of the molecule is Nc1nc(C(=O)NCP(=O)(O)O)cs1. The van der Waals surface area contributed by atoms with Gasteiger partial charge >= 0.3 is 7.60 Å². The Morgan fingerprint density at radius 2 is 2.36 bits per heavy atom. The molecule has 0 radical (unpaired) electrons. The number of rotatable bonds is 3. The highest BCUT2D eigenvalue weighted by atomic mass is 32.1. The maximum atomic E-state index is 11.1. The molecule has 0 aliphatic heterocycles. The molecule has 7 nitrogen and oxygen atoms in total. The fraction of sp³-hybridized carbons (Fsp3) is 0.200. The van der Waals surface area contributed by atoms with E-state index in [1.165, 1.54) is 5.38 Å². The van der Waals surface area contributed by atoms with Crippen LogP contribution in [0.15, 0.2) is 5.38 Å². The summed E-state index contributed by atoms with van der Waals surface area (Å²) >= 11 is 1.08. The minimum Gasteiger partial charge on any atom is -0.375 e. The van der Waals surface area contributed by atoms with Crippen molar-refractivity contribution >= 4 is 30.0 Å². The van der Waals surface area contributed by atoms with Crippen LogP contribution in [0.25, 0.3) is 0 Å². The minimum absolute atomic E-state index is 0.0564. The van der Waals surface area contributed by atoms with Crippen molar-refractivity contribution in [1.29, 1.82) is 0 Å². The molecule has 0 aliphatic rings. The van der Waals surface area contributed by atoms with E-state index < -0.39 is 19.8 Å². The first-order valence-electron chi connectivity index (χ1n) is 3.42. The Labute approximate surface area is 83.1 Å². The van der Waals surface area contributed by atoms with E-state index in [4.69, 9.17) is 15.5 Å². The molecule has 14 heavy (non-hydrogen) atoms. The maximum absolute atomic E-state index is 11.1. The second-order valence-electron chi connectivity index (χ2n) is 2.40. The van der Waals surface area contributed by atoms with Gasteiger partial charge in [-0.15, -0.1) is 11.3 Å². The van der Waals surface area contributed by atoms with Crippen molar-refractivity contribution in [2.75, 3.05) is 12.0 Å². The number of aromatic nitrogens is 1. The molecule has 9 heteroatoms. The molecule has 1 heterocycles. The van der Waals surface area contributed by atoms with Gasteiger partial charge in [0.1, 0.15) is 12.0 Å². The van der Waals surface area contributed by atoms with E-state index in [2.05, 4.69) is 4.98 Å².